The molecule has 0 saturated heterocycles. The fourth-order valence-electron chi connectivity index (χ4n) is 3.93. The van der Waals surface area contributed by atoms with Crippen molar-refractivity contribution in [2.45, 2.75) is 9.79 Å². The molecule has 0 aromatic heterocycles. The van der Waals surface area contributed by atoms with Crippen molar-refractivity contribution < 1.29 is 48.5 Å². The molecule has 3 aromatic carbocycles. The van der Waals surface area contributed by atoms with Gasteiger partial charge in [0.15, 0.2) is 11.6 Å². The second-order valence-corrected chi connectivity index (χ2v) is 11.7. The van der Waals surface area contributed by atoms with E-state index in [1.54, 1.807) is 0 Å². The second-order valence-electron chi connectivity index (χ2n) is 7.68. The molecule has 4 rings (SSSR count). The number of benzene rings is 3. The zero-order valence-electron chi connectivity index (χ0n) is 18.1. The van der Waals surface area contributed by atoms with E-state index >= 15 is 0 Å². The van der Waals surface area contributed by atoms with Gasteiger partial charge in [0.1, 0.15) is 9.79 Å². The maximum atomic E-state index is 13.5. The number of rotatable bonds is 5. The Morgan fingerprint density at radius 2 is 1.16 bits per heavy atom. The molecule has 7 N–H and O–H groups in total. The van der Waals surface area contributed by atoms with Crippen LogP contribution in [0, 0.1) is 0 Å². The van der Waals surface area contributed by atoms with E-state index in [2.05, 4.69) is 0 Å². The number of hydrogen-bond donors (Lipinski definition) is 5. The number of nitrogen functional groups attached to an aromatic ring is 2. The average Bonchev–Trinajstić information content (AvgIpc) is 2.77. The van der Waals surface area contributed by atoms with Crippen LogP contribution in [0.2, 0.25) is 0 Å². The van der Waals surface area contributed by atoms with Gasteiger partial charge in [-0.25, -0.2) is 4.31 Å². The zero-order chi connectivity index (χ0) is 27.7. The number of nitrogens with zero attached hydrogens (tertiary/aromatic N) is 1. The smallest absolute Gasteiger partial charge is 0.364 e. The van der Waals surface area contributed by atoms with Gasteiger partial charge in [-0.15, -0.1) is 0 Å². The van der Waals surface area contributed by atoms with Crippen molar-refractivity contribution in [3.8, 4) is 0 Å². The lowest BCUT2D eigenvalue weighted by atomic mass is 9.82. The van der Waals surface area contributed by atoms with Gasteiger partial charge < -0.3 is 11.5 Å². The minimum Gasteiger partial charge on any atom is -0.399 e. The first-order valence-corrected chi connectivity index (χ1v) is 14.0. The summed E-state index contributed by atoms with van der Waals surface area (Å²) in [6, 6.07) is 7.87. The standard InChI is InChI=1S/C20H15N3O11S3/c21-9-5-6-12(14(7-9)35(26,27)28)23(37(32,33)34)13-8-15(36(29,30)31)18(22)17-16(13)19(24)10-3-1-2-4-11(10)20(17)25/h1-8H,21-22H2,(H,26,27,28)(H,29,30,31)(H,32,33,34). The van der Waals surface area contributed by atoms with Gasteiger partial charge in [-0.1, -0.05) is 24.3 Å². The number of nitrogens with two attached hydrogens (primary N) is 2. The molecule has 3 aromatic rings. The molecule has 0 atom stereocenters. The summed E-state index contributed by atoms with van der Waals surface area (Å²) in [4.78, 5) is 24.4. The highest BCUT2D eigenvalue weighted by atomic mass is 32.2. The molecule has 1 aliphatic rings. The Hall–Kier alpha value is -3.87. The van der Waals surface area contributed by atoms with Gasteiger partial charge in [0.25, 0.3) is 20.2 Å². The highest BCUT2D eigenvalue weighted by molar-refractivity contribution is 7.88. The SMILES string of the molecule is Nc1ccc(N(c2cc(S(=O)(=O)O)c(N)c3c2C(=O)c2ccccc2C3=O)S(=O)(=O)O)c(S(=O)(=O)O)c1. The highest BCUT2D eigenvalue weighted by Gasteiger charge is 2.41. The van der Waals surface area contributed by atoms with Crippen LogP contribution in [-0.2, 0) is 30.5 Å². The van der Waals surface area contributed by atoms with Crippen LogP contribution in [0.3, 0.4) is 0 Å². The molecule has 0 saturated carbocycles. The topological polar surface area (TPSA) is 253 Å². The van der Waals surface area contributed by atoms with E-state index in [1.165, 1.54) is 24.3 Å². The minimum absolute atomic E-state index is 0.207. The Morgan fingerprint density at radius 1 is 0.649 bits per heavy atom. The summed E-state index contributed by atoms with van der Waals surface area (Å²) in [5.41, 5.74) is 6.00. The molecule has 37 heavy (non-hydrogen) atoms. The van der Waals surface area contributed by atoms with Crippen LogP contribution in [0.5, 0.6) is 0 Å². The number of ketones is 2. The maximum Gasteiger partial charge on any atom is 0.364 e. The number of fused-ring (bicyclic) bond motifs is 2. The first-order chi connectivity index (χ1) is 16.9. The van der Waals surface area contributed by atoms with Crippen LogP contribution in [0.1, 0.15) is 31.8 Å². The molecule has 0 heterocycles. The molecule has 0 unspecified atom stereocenters. The number of carbonyl (C=O) groups is 2. The lowest BCUT2D eigenvalue weighted by molar-refractivity contribution is 0.0980. The molecule has 14 nitrogen and oxygen atoms in total. The van der Waals surface area contributed by atoms with Crippen molar-refractivity contribution in [2.75, 3.05) is 15.8 Å². The van der Waals surface area contributed by atoms with E-state index in [4.69, 9.17) is 11.5 Å². The van der Waals surface area contributed by atoms with Crippen LogP contribution in [-0.4, -0.2) is 50.5 Å². The van der Waals surface area contributed by atoms with Crippen molar-refractivity contribution in [3.63, 3.8) is 0 Å². The van der Waals surface area contributed by atoms with Crippen molar-refractivity contribution >= 4 is 64.9 Å². The van der Waals surface area contributed by atoms with Crippen LogP contribution >= 0.6 is 0 Å². The van der Waals surface area contributed by atoms with Gasteiger partial charge in [0.05, 0.1) is 28.2 Å². The average molecular weight is 570 g/mol. The van der Waals surface area contributed by atoms with Crippen molar-refractivity contribution in [2.24, 2.45) is 0 Å². The monoisotopic (exact) mass is 569 g/mol. The molecule has 0 spiro atoms. The predicted octanol–water partition coefficient (Wildman–Crippen LogP) is 1.06. The van der Waals surface area contributed by atoms with Crippen LogP contribution in [0.25, 0.3) is 0 Å². The van der Waals surface area contributed by atoms with Gasteiger partial charge >= 0.3 is 10.3 Å². The lowest BCUT2D eigenvalue weighted by Gasteiger charge is -2.29. The summed E-state index contributed by atoms with van der Waals surface area (Å²) in [6.45, 7) is 0. The highest BCUT2D eigenvalue weighted by Crippen LogP contribution is 2.44. The van der Waals surface area contributed by atoms with Gasteiger partial charge in [-0.3, -0.25) is 23.2 Å². The van der Waals surface area contributed by atoms with Gasteiger partial charge in [-0.2, -0.15) is 25.3 Å². The molecule has 0 amide bonds. The van der Waals surface area contributed by atoms with Crippen molar-refractivity contribution in [3.05, 3.63) is 70.8 Å². The second kappa shape index (κ2) is 8.33. The van der Waals surface area contributed by atoms with Gasteiger partial charge in [0, 0.05) is 16.8 Å². The van der Waals surface area contributed by atoms with Gasteiger partial charge in [-0.05, 0) is 24.3 Å². The summed E-state index contributed by atoms with van der Waals surface area (Å²) in [6.07, 6.45) is 0. The fourth-order valence-corrected chi connectivity index (χ4v) is 6.14. The van der Waals surface area contributed by atoms with E-state index < -0.39 is 80.1 Å². The third-order valence-electron chi connectivity index (χ3n) is 5.39. The van der Waals surface area contributed by atoms with Crippen LogP contribution < -0.4 is 15.8 Å². The zero-order valence-corrected chi connectivity index (χ0v) is 20.5. The third kappa shape index (κ3) is 4.32. The van der Waals surface area contributed by atoms with Crippen LogP contribution in [0.4, 0.5) is 22.7 Å². The van der Waals surface area contributed by atoms with E-state index in [0.29, 0.717) is 12.1 Å². The molecule has 194 valence electrons. The first-order valence-electron chi connectivity index (χ1n) is 9.71. The summed E-state index contributed by atoms with van der Waals surface area (Å²) in [5, 5.41) is 0. The number of hydrogen-bond acceptors (Lipinski definition) is 10. The minimum atomic E-state index is -5.66. The molecule has 0 radical (unpaired) electrons. The largest absolute Gasteiger partial charge is 0.399 e. The van der Waals surface area contributed by atoms with E-state index in [0.717, 1.165) is 12.1 Å². The maximum absolute atomic E-state index is 13.5. The Bertz CT molecular complexity index is 1870. The Balaban J connectivity index is 2.25. The summed E-state index contributed by atoms with van der Waals surface area (Å²) in [5.74, 6) is -2.08. The molecular weight excluding hydrogens is 554 g/mol. The number of carbonyl (C=O) groups excluding carboxylic acids is 2. The van der Waals surface area contributed by atoms with E-state index in [1.807, 2.05) is 0 Å². The summed E-state index contributed by atoms with van der Waals surface area (Å²) in [7, 11) is -16.2. The summed E-state index contributed by atoms with van der Waals surface area (Å²) < 4.78 is 103. The fraction of sp³-hybridized carbons (Fsp3) is 0. The predicted molar refractivity (Wildman–Crippen MR) is 128 cm³/mol. The van der Waals surface area contributed by atoms with Crippen LogP contribution in [0.15, 0.2) is 58.3 Å². The Labute approximate surface area is 209 Å². The Kier molecular flexibility index (Phi) is 5.90. The lowest BCUT2D eigenvalue weighted by Crippen LogP contribution is -2.32. The molecule has 0 aliphatic heterocycles. The van der Waals surface area contributed by atoms with E-state index in [-0.39, 0.29) is 21.1 Å². The van der Waals surface area contributed by atoms with Crippen molar-refractivity contribution in [1.82, 2.24) is 0 Å². The quantitative estimate of drug-likeness (QED) is 0.167. The first kappa shape index (κ1) is 26.2. The third-order valence-corrected chi connectivity index (χ3v) is 8.02. The summed E-state index contributed by atoms with van der Waals surface area (Å²) >= 11 is 0. The molecule has 0 fully saturated rings. The Morgan fingerprint density at radius 3 is 1.65 bits per heavy atom. The van der Waals surface area contributed by atoms with E-state index in [9.17, 15) is 48.5 Å². The molecule has 1 aliphatic carbocycles. The van der Waals surface area contributed by atoms with Gasteiger partial charge in [0.2, 0.25) is 0 Å². The normalized spacial score (nSPS) is 13.7. The molecule has 17 heteroatoms. The van der Waals surface area contributed by atoms with Crippen molar-refractivity contribution in [1.29, 1.82) is 0 Å². The number of anilines is 4. The molecule has 0 bridgehead atoms. The molecular formula is C20H15N3O11S3.